The third kappa shape index (κ3) is 3.15. The highest BCUT2D eigenvalue weighted by Gasteiger charge is 2.37. The van der Waals surface area contributed by atoms with Gasteiger partial charge in [-0.15, -0.1) is 0 Å². The number of nitrogens with zero attached hydrogens (tertiary/aromatic N) is 1. The Bertz CT molecular complexity index is 500. The molecule has 3 rings (SSSR count). The summed E-state index contributed by atoms with van der Waals surface area (Å²) in [6, 6.07) is 8.56. The number of aliphatic hydroxyl groups is 1. The zero-order valence-corrected chi connectivity index (χ0v) is 11.7. The Morgan fingerprint density at radius 1 is 1.25 bits per heavy atom. The van der Waals surface area contributed by atoms with Gasteiger partial charge in [0.05, 0.1) is 0 Å². The number of likely N-dealkylation sites (tertiary alicyclic amines) is 1. The van der Waals surface area contributed by atoms with Crippen molar-refractivity contribution in [3.63, 3.8) is 0 Å². The van der Waals surface area contributed by atoms with Gasteiger partial charge in [0.2, 0.25) is 0 Å². The zero-order valence-electron chi connectivity index (χ0n) is 11.7. The molecule has 1 aliphatic carbocycles. The lowest BCUT2D eigenvalue weighted by Gasteiger charge is -2.26. The molecule has 2 atom stereocenters. The summed E-state index contributed by atoms with van der Waals surface area (Å²) in [6.07, 6.45) is 4.21. The van der Waals surface area contributed by atoms with Gasteiger partial charge in [-0.2, -0.15) is 0 Å². The van der Waals surface area contributed by atoms with Crippen molar-refractivity contribution in [2.24, 2.45) is 5.92 Å². The number of fused-ring (bicyclic) bond motifs is 2. The molecule has 1 aromatic carbocycles. The summed E-state index contributed by atoms with van der Waals surface area (Å²) in [5.74, 6) is 7.36. The molecule has 1 aliphatic heterocycles. The van der Waals surface area contributed by atoms with Crippen LogP contribution in [0.3, 0.4) is 0 Å². The highest BCUT2D eigenvalue weighted by molar-refractivity contribution is 5.38. The third-order valence-corrected chi connectivity index (χ3v) is 4.34. The lowest BCUT2D eigenvalue weighted by Crippen LogP contribution is -2.35. The van der Waals surface area contributed by atoms with Crippen molar-refractivity contribution in [3.8, 4) is 17.6 Å². The summed E-state index contributed by atoms with van der Waals surface area (Å²) < 4.78 is 5.80. The minimum atomic E-state index is -0.101. The average molecular weight is 271 g/mol. The van der Waals surface area contributed by atoms with E-state index >= 15 is 0 Å². The lowest BCUT2D eigenvalue weighted by molar-refractivity contribution is 0.172. The summed E-state index contributed by atoms with van der Waals surface area (Å²) >= 11 is 0. The van der Waals surface area contributed by atoms with E-state index in [1.165, 1.54) is 25.8 Å². The molecular formula is C17H21NO2. The van der Waals surface area contributed by atoms with E-state index in [-0.39, 0.29) is 6.61 Å². The monoisotopic (exact) mass is 271 g/mol. The van der Waals surface area contributed by atoms with Crippen LogP contribution in [-0.4, -0.2) is 42.4 Å². The van der Waals surface area contributed by atoms with Crippen LogP contribution in [0.2, 0.25) is 0 Å². The van der Waals surface area contributed by atoms with Crippen molar-refractivity contribution < 1.29 is 9.84 Å². The van der Waals surface area contributed by atoms with Crippen LogP contribution in [0.4, 0.5) is 0 Å². The van der Waals surface area contributed by atoms with E-state index in [0.717, 1.165) is 36.4 Å². The second kappa shape index (κ2) is 6.30. The molecule has 1 saturated carbocycles. The molecule has 1 heterocycles. The van der Waals surface area contributed by atoms with Gasteiger partial charge in [0, 0.05) is 24.7 Å². The van der Waals surface area contributed by atoms with Gasteiger partial charge in [0.15, 0.2) is 0 Å². The van der Waals surface area contributed by atoms with Crippen molar-refractivity contribution in [2.45, 2.75) is 25.3 Å². The Morgan fingerprint density at radius 3 is 2.75 bits per heavy atom. The Morgan fingerprint density at radius 2 is 2.10 bits per heavy atom. The Hall–Kier alpha value is -1.50. The molecule has 0 aromatic heterocycles. The molecule has 1 saturated heterocycles. The maximum absolute atomic E-state index is 8.64. The molecule has 0 amide bonds. The van der Waals surface area contributed by atoms with Gasteiger partial charge in [-0.3, -0.25) is 4.90 Å². The molecule has 20 heavy (non-hydrogen) atoms. The van der Waals surface area contributed by atoms with E-state index in [1.54, 1.807) is 0 Å². The Labute approximate surface area is 120 Å². The van der Waals surface area contributed by atoms with Crippen LogP contribution in [0.5, 0.6) is 5.75 Å². The molecule has 2 aliphatic rings. The van der Waals surface area contributed by atoms with Crippen LogP contribution in [0.15, 0.2) is 24.3 Å². The van der Waals surface area contributed by atoms with E-state index < -0.39 is 0 Å². The van der Waals surface area contributed by atoms with Crippen LogP contribution in [0.1, 0.15) is 24.8 Å². The number of ether oxygens (including phenoxy) is 1. The average Bonchev–Trinajstić information content (AvgIpc) is 3.09. The van der Waals surface area contributed by atoms with Crippen molar-refractivity contribution in [2.75, 3.05) is 26.3 Å². The van der Waals surface area contributed by atoms with E-state index in [2.05, 4.69) is 16.7 Å². The molecule has 2 fully saturated rings. The van der Waals surface area contributed by atoms with Gasteiger partial charge in [-0.05, 0) is 49.4 Å². The second-order valence-electron chi connectivity index (χ2n) is 5.66. The predicted octanol–water partition coefficient (Wildman–Crippen LogP) is 1.89. The summed E-state index contributed by atoms with van der Waals surface area (Å²) in [4.78, 5) is 2.58. The van der Waals surface area contributed by atoms with Crippen molar-refractivity contribution in [1.82, 2.24) is 4.90 Å². The van der Waals surface area contributed by atoms with Crippen LogP contribution < -0.4 is 4.74 Å². The number of benzene rings is 1. The van der Waals surface area contributed by atoms with E-state index in [9.17, 15) is 0 Å². The maximum Gasteiger partial charge on any atom is 0.119 e. The van der Waals surface area contributed by atoms with Crippen LogP contribution >= 0.6 is 0 Å². The van der Waals surface area contributed by atoms with Crippen molar-refractivity contribution >= 4 is 0 Å². The molecule has 2 unspecified atom stereocenters. The number of aliphatic hydroxyl groups excluding tert-OH is 1. The first-order valence-electron chi connectivity index (χ1n) is 7.42. The van der Waals surface area contributed by atoms with Crippen LogP contribution in [-0.2, 0) is 0 Å². The normalized spacial score (nSPS) is 24.4. The molecule has 0 radical (unpaired) electrons. The first kappa shape index (κ1) is 13.5. The molecule has 3 nitrogen and oxygen atoms in total. The SMILES string of the molecule is OCC#Cc1ccc(OCCN2CC3CCC2C3)cc1. The molecule has 0 spiro atoms. The number of hydrogen-bond donors (Lipinski definition) is 1. The lowest BCUT2D eigenvalue weighted by atomic mass is 10.1. The van der Waals surface area contributed by atoms with Gasteiger partial charge in [-0.1, -0.05) is 11.8 Å². The summed E-state index contributed by atoms with van der Waals surface area (Å²) in [5.41, 5.74) is 0.906. The molecule has 1 N–H and O–H groups in total. The topological polar surface area (TPSA) is 32.7 Å². The fourth-order valence-electron chi connectivity index (χ4n) is 3.36. The fraction of sp³-hybridized carbons (Fsp3) is 0.529. The summed E-state index contributed by atoms with van der Waals surface area (Å²) in [5, 5.41) is 8.64. The van der Waals surface area contributed by atoms with Gasteiger partial charge in [0.1, 0.15) is 19.0 Å². The van der Waals surface area contributed by atoms with E-state index in [1.807, 2.05) is 24.3 Å². The third-order valence-electron chi connectivity index (χ3n) is 4.34. The number of rotatable bonds is 4. The van der Waals surface area contributed by atoms with E-state index in [0.29, 0.717) is 0 Å². The first-order chi connectivity index (χ1) is 9.85. The largest absolute Gasteiger partial charge is 0.492 e. The van der Waals surface area contributed by atoms with Gasteiger partial charge >= 0.3 is 0 Å². The Balaban J connectivity index is 1.44. The molecule has 3 heteroatoms. The first-order valence-corrected chi connectivity index (χ1v) is 7.42. The predicted molar refractivity (Wildman–Crippen MR) is 78.6 cm³/mol. The second-order valence-corrected chi connectivity index (χ2v) is 5.66. The summed E-state index contributed by atoms with van der Waals surface area (Å²) in [6.45, 7) is 2.96. The Kier molecular flexibility index (Phi) is 4.25. The number of piperidine rings is 1. The fourth-order valence-corrected chi connectivity index (χ4v) is 3.36. The zero-order chi connectivity index (χ0) is 13.8. The highest BCUT2D eigenvalue weighted by Crippen LogP contribution is 2.36. The number of hydrogen-bond acceptors (Lipinski definition) is 3. The van der Waals surface area contributed by atoms with Gasteiger partial charge in [-0.25, -0.2) is 0 Å². The maximum atomic E-state index is 8.64. The summed E-state index contributed by atoms with van der Waals surface area (Å²) in [7, 11) is 0. The molecule has 106 valence electrons. The van der Waals surface area contributed by atoms with Crippen molar-refractivity contribution in [1.29, 1.82) is 0 Å². The standard InChI is InChI=1S/C17H21NO2/c19-10-1-2-14-4-7-17(8-5-14)20-11-9-18-13-15-3-6-16(18)12-15/h4-5,7-8,15-16,19H,3,6,9-13H2. The van der Waals surface area contributed by atoms with Crippen molar-refractivity contribution in [3.05, 3.63) is 29.8 Å². The van der Waals surface area contributed by atoms with E-state index in [4.69, 9.17) is 9.84 Å². The van der Waals surface area contributed by atoms with Crippen LogP contribution in [0, 0.1) is 17.8 Å². The molecule has 2 bridgehead atoms. The minimum Gasteiger partial charge on any atom is -0.492 e. The quantitative estimate of drug-likeness (QED) is 0.849. The van der Waals surface area contributed by atoms with Crippen LogP contribution in [0.25, 0.3) is 0 Å². The van der Waals surface area contributed by atoms with Gasteiger partial charge in [0.25, 0.3) is 0 Å². The van der Waals surface area contributed by atoms with Gasteiger partial charge < -0.3 is 9.84 Å². The highest BCUT2D eigenvalue weighted by atomic mass is 16.5. The minimum absolute atomic E-state index is 0.101. The smallest absolute Gasteiger partial charge is 0.119 e. The molecular weight excluding hydrogens is 250 g/mol. The molecule has 1 aromatic rings.